The fourth-order valence-electron chi connectivity index (χ4n) is 1.80. The van der Waals surface area contributed by atoms with Gasteiger partial charge in [0.15, 0.2) is 0 Å². The van der Waals surface area contributed by atoms with Crippen LogP contribution in [-0.2, 0) is 9.53 Å². The summed E-state index contributed by atoms with van der Waals surface area (Å²) < 4.78 is 31.5. The first-order valence-electron chi connectivity index (χ1n) is 6.10. The summed E-state index contributed by atoms with van der Waals surface area (Å²) in [7, 11) is 0. The molecule has 0 aromatic carbocycles. The summed E-state index contributed by atoms with van der Waals surface area (Å²) in [4.78, 5) is 12.3. The number of ether oxygens (including phenoxy) is 1. The Balaban J connectivity index is 2.14. The molecule has 0 saturated carbocycles. The molecule has 0 aromatic rings. The van der Waals surface area contributed by atoms with E-state index < -0.39 is 11.9 Å². The smallest absolute Gasteiger partial charge is 0.328 e. The molecule has 1 heterocycles. The van der Waals surface area contributed by atoms with Crippen LogP contribution in [0.4, 0.5) is 8.78 Å². The molecule has 0 aromatic heterocycles. The van der Waals surface area contributed by atoms with Crippen LogP contribution < -0.4 is 0 Å². The molecule has 104 valence electrons. The number of allylic oxidation sites excluding steroid dienone is 1. The average molecular weight is 263 g/mol. The Bertz CT molecular complexity index is 289. The maximum absolute atomic E-state index is 13.2. The van der Waals surface area contributed by atoms with Gasteiger partial charge in [-0.2, -0.15) is 0 Å². The normalized spacial score (nSPS) is 18.3. The van der Waals surface area contributed by atoms with Crippen molar-refractivity contribution >= 4 is 5.97 Å². The van der Waals surface area contributed by atoms with Crippen molar-refractivity contribution in [1.29, 1.82) is 0 Å². The number of hydrogen-bond acceptors (Lipinski definition) is 3. The second-order valence-electron chi connectivity index (χ2n) is 4.34. The van der Waals surface area contributed by atoms with Gasteiger partial charge in [0.25, 0.3) is 5.92 Å². The number of carbonyl (C=O) groups is 1. The average Bonchev–Trinajstić information content (AvgIpc) is 2.34. The van der Waals surface area contributed by atoms with Crippen molar-refractivity contribution in [3.05, 3.63) is 12.2 Å². The van der Waals surface area contributed by atoms with E-state index in [1.54, 1.807) is 0 Å². The summed E-state index contributed by atoms with van der Waals surface area (Å²) in [6, 6.07) is 0. The molecule has 0 atom stereocenters. The molecule has 0 radical (unpaired) electrons. The molecule has 18 heavy (non-hydrogen) atoms. The summed E-state index contributed by atoms with van der Waals surface area (Å²) in [6.07, 6.45) is 1.73. The third kappa shape index (κ3) is 6.66. The third-order valence-electron chi connectivity index (χ3n) is 2.81. The lowest BCUT2D eigenvalue weighted by atomic mass is 10.1. The molecule has 0 spiro atoms. The highest BCUT2D eigenvalue weighted by Crippen LogP contribution is 2.22. The number of rotatable bonds is 7. The maximum Gasteiger partial charge on any atom is 0.328 e. The lowest BCUT2D eigenvalue weighted by Gasteiger charge is -2.26. The summed E-state index contributed by atoms with van der Waals surface area (Å²) >= 11 is 0. The van der Waals surface area contributed by atoms with E-state index in [4.69, 9.17) is 9.84 Å². The monoisotopic (exact) mass is 263 g/mol. The Morgan fingerprint density at radius 3 is 2.61 bits per heavy atom. The lowest BCUT2D eigenvalue weighted by Crippen LogP contribution is -2.36. The molecular weight excluding hydrogens is 244 g/mol. The number of unbranched alkanes of at least 4 members (excludes halogenated alkanes) is 1. The standard InChI is InChI=1S/C12H19F2NO3/c13-12(14,5-3-11(16)17)4-1-2-6-15-7-9-18-10-8-15/h3,5H,1-2,4,6-10H2,(H,16,17). The quantitative estimate of drug-likeness (QED) is 0.562. The van der Waals surface area contributed by atoms with Crippen molar-refractivity contribution in [2.45, 2.75) is 25.2 Å². The second kappa shape index (κ2) is 7.43. The molecule has 1 saturated heterocycles. The van der Waals surface area contributed by atoms with Crippen LogP contribution in [0.15, 0.2) is 12.2 Å². The molecule has 0 bridgehead atoms. The Morgan fingerprint density at radius 1 is 1.33 bits per heavy atom. The minimum Gasteiger partial charge on any atom is -0.478 e. The van der Waals surface area contributed by atoms with Gasteiger partial charge in [0.2, 0.25) is 0 Å². The highest BCUT2D eigenvalue weighted by molar-refractivity contribution is 5.79. The van der Waals surface area contributed by atoms with E-state index in [2.05, 4.69) is 4.90 Å². The Kier molecular flexibility index (Phi) is 6.21. The molecular formula is C12H19F2NO3. The third-order valence-corrected chi connectivity index (χ3v) is 2.81. The van der Waals surface area contributed by atoms with Gasteiger partial charge < -0.3 is 9.84 Å². The first-order chi connectivity index (χ1) is 8.49. The lowest BCUT2D eigenvalue weighted by molar-refractivity contribution is -0.131. The van der Waals surface area contributed by atoms with E-state index in [9.17, 15) is 13.6 Å². The summed E-state index contributed by atoms with van der Waals surface area (Å²) in [5.41, 5.74) is 0. The zero-order valence-corrected chi connectivity index (χ0v) is 10.3. The van der Waals surface area contributed by atoms with Crippen molar-refractivity contribution < 1.29 is 23.4 Å². The molecule has 1 aliphatic rings. The number of carboxylic acid groups (broad SMARTS) is 1. The van der Waals surface area contributed by atoms with E-state index in [0.29, 0.717) is 38.2 Å². The molecule has 0 unspecified atom stereocenters. The van der Waals surface area contributed by atoms with E-state index in [-0.39, 0.29) is 6.42 Å². The van der Waals surface area contributed by atoms with Crippen molar-refractivity contribution in [2.24, 2.45) is 0 Å². The van der Waals surface area contributed by atoms with Gasteiger partial charge in [0, 0.05) is 25.6 Å². The minimum atomic E-state index is -3.02. The van der Waals surface area contributed by atoms with Crippen LogP contribution in [0.2, 0.25) is 0 Å². The first-order valence-corrected chi connectivity index (χ1v) is 6.10. The van der Waals surface area contributed by atoms with Crippen LogP contribution >= 0.6 is 0 Å². The predicted molar refractivity (Wildman–Crippen MR) is 62.8 cm³/mol. The zero-order valence-electron chi connectivity index (χ0n) is 10.3. The van der Waals surface area contributed by atoms with Crippen LogP contribution in [0.25, 0.3) is 0 Å². The van der Waals surface area contributed by atoms with Crippen LogP contribution in [-0.4, -0.2) is 54.7 Å². The van der Waals surface area contributed by atoms with Crippen LogP contribution in [0.1, 0.15) is 19.3 Å². The van der Waals surface area contributed by atoms with Gasteiger partial charge in [0.1, 0.15) is 0 Å². The number of morpholine rings is 1. The molecule has 1 fully saturated rings. The minimum absolute atomic E-state index is 0.304. The Morgan fingerprint density at radius 2 is 2.00 bits per heavy atom. The molecule has 4 nitrogen and oxygen atoms in total. The van der Waals surface area contributed by atoms with Gasteiger partial charge in [-0.3, -0.25) is 4.90 Å². The molecule has 6 heteroatoms. The zero-order chi connectivity index (χ0) is 13.4. The summed E-state index contributed by atoms with van der Waals surface area (Å²) in [6.45, 7) is 3.92. The number of nitrogens with zero attached hydrogens (tertiary/aromatic N) is 1. The van der Waals surface area contributed by atoms with Gasteiger partial charge in [-0.15, -0.1) is 0 Å². The van der Waals surface area contributed by atoms with Gasteiger partial charge in [0.05, 0.1) is 13.2 Å². The number of halogens is 2. The van der Waals surface area contributed by atoms with E-state index in [1.807, 2.05) is 0 Å². The van der Waals surface area contributed by atoms with Crippen molar-refractivity contribution in [1.82, 2.24) is 4.90 Å². The molecule has 0 aliphatic carbocycles. The number of hydrogen-bond donors (Lipinski definition) is 1. The van der Waals surface area contributed by atoms with Gasteiger partial charge in [-0.05, 0) is 25.5 Å². The van der Waals surface area contributed by atoms with Crippen molar-refractivity contribution in [3.8, 4) is 0 Å². The van der Waals surface area contributed by atoms with Crippen LogP contribution in [0.5, 0.6) is 0 Å². The van der Waals surface area contributed by atoms with Crippen LogP contribution in [0, 0.1) is 0 Å². The summed E-state index contributed by atoms with van der Waals surface area (Å²) in [5, 5.41) is 8.28. The summed E-state index contributed by atoms with van der Waals surface area (Å²) in [5.74, 6) is -4.37. The Labute approximate surface area is 105 Å². The van der Waals surface area contributed by atoms with Crippen molar-refractivity contribution in [3.63, 3.8) is 0 Å². The fourth-order valence-corrected chi connectivity index (χ4v) is 1.80. The largest absolute Gasteiger partial charge is 0.478 e. The van der Waals surface area contributed by atoms with Crippen molar-refractivity contribution in [2.75, 3.05) is 32.8 Å². The molecule has 1 aliphatic heterocycles. The van der Waals surface area contributed by atoms with E-state index in [1.165, 1.54) is 0 Å². The molecule has 1 rings (SSSR count). The Hall–Kier alpha value is -1.01. The van der Waals surface area contributed by atoms with Gasteiger partial charge in [-0.1, -0.05) is 0 Å². The number of alkyl halides is 2. The topological polar surface area (TPSA) is 49.8 Å². The van der Waals surface area contributed by atoms with Gasteiger partial charge >= 0.3 is 5.97 Å². The molecule has 0 amide bonds. The number of carboxylic acids is 1. The second-order valence-corrected chi connectivity index (χ2v) is 4.34. The maximum atomic E-state index is 13.2. The predicted octanol–water partition coefficient (Wildman–Crippen LogP) is 1.77. The van der Waals surface area contributed by atoms with E-state index in [0.717, 1.165) is 19.6 Å². The number of aliphatic carboxylic acids is 1. The molecule has 1 N–H and O–H groups in total. The highest BCUT2D eigenvalue weighted by atomic mass is 19.3. The van der Waals surface area contributed by atoms with Crippen LogP contribution in [0.3, 0.4) is 0 Å². The van der Waals surface area contributed by atoms with E-state index >= 15 is 0 Å². The first kappa shape index (κ1) is 15.0. The fraction of sp³-hybridized carbons (Fsp3) is 0.750. The van der Waals surface area contributed by atoms with Gasteiger partial charge in [-0.25, -0.2) is 13.6 Å². The highest BCUT2D eigenvalue weighted by Gasteiger charge is 2.24. The SMILES string of the molecule is O=C(O)C=CC(F)(F)CCCCN1CCOCC1.